The van der Waals surface area contributed by atoms with Gasteiger partial charge in [0.05, 0.1) is 6.42 Å². The number of alkyl halides is 3. The van der Waals surface area contributed by atoms with Gasteiger partial charge in [0.15, 0.2) is 0 Å². The third-order valence-electron chi connectivity index (χ3n) is 2.47. The number of hydrogen-bond acceptors (Lipinski definition) is 3. The number of nitrogens with zero attached hydrogens (tertiary/aromatic N) is 1. The standard InChI is InChI=1S/C11H23F3N2O/c1-3-6-15-10(4-8-17)9-16(2)7-5-11(12,13)14/h10,15,17H,3-9H2,1-2H3. The van der Waals surface area contributed by atoms with E-state index in [9.17, 15) is 13.2 Å². The Morgan fingerprint density at radius 1 is 1.35 bits per heavy atom. The van der Waals surface area contributed by atoms with E-state index < -0.39 is 12.6 Å². The van der Waals surface area contributed by atoms with Crippen molar-refractivity contribution in [2.45, 2.75) is 38.4 Å². The van der Waals surface area contributed by atoms with Crippen LogP contribution in [-0.4, -0.2) is 55.5 Å². The van der Waals surface area contributed by atoms with Crippen LogP contribution < -0.4 is 5.32 Å². The van der Waals surface area contributed by atoms with Crippen LogP contribution in [-0.2, 0) is 0 Å². The molecule has 17 heavy (non-hydrogen) atoms. The van der Waals surface area contributed by atoms with Crippen molar-refractivity contribution in [2.24, 2.45) is 0 Å². The molecule has 0 radical (unpaired) electrons. The summed E-state index contributed by atoms with van der Waals surface area (Å²) in [4.78, 5) is 1.65. The van der Waals surface area contributed by atoms with Crippen LogP contribution in [0.15, 0.2) is 0 Å². The first-order valence-electron chi connectivity index (χ1n) is 5.98. The molecule has 0 heterocycles. The molecule has 0 saturated carbocycles. The van der Waals surface area contributed by atoms with Gasteiger partial charge in [-0.1, -0.05) is 6.92 Å². The van der Waals surface area contributed by atoms with Crippen molar-refractivity contribution in [3.8, 4) is 0 Å². The predicted octanol–water partition coefficient (Wildman–Crippen LogP) is 1.62. The summed E-state index contributed by atoms with van der Waals surface area (Å²) in [6.45, 7) is 3.42. The Labute approximate surface area is 101 Å². The highest BCUT2D eigenvalue weighted by Crippen LogP contribution is 2.19. The number of halogens is 3. The minimum absolute atomic E-state index is 0.000760. The van der Waals surface area contributed by atoms with Crippen LogP contribution in [0.1, 0.15) is 26.2 Å². The number of nitrogens with one attached hydrogen (secondary N) is 1. The average Bonchev–Trinajstić information content (AvgIpc) is 2.22. The summed E-state index contributed by atoms with van der Waals surface area (Å²) in [6, 6.07) is 0.0539. The molecule has 0 amide bonds. The molecule has 1 unspecified atom stereocenters. The zero-order valence-corrected chi connectivity index (χ0v) is 10.6. The maximum Gasteiger partial charge on any atom is 0.390 e. The van der Waals surface area contributed by atoms with Gasteiger partial charge in [0, 0.05) is 25.7 Å². The SMILES string of the molecule is CCCNC(CCO)CN(C)CCC(F)(F)F. The van der Waals surface area contributed by atoms with Crippen LogP contribution in [0.5, 0.6) is 0 Å². The Morgan fingerprint density at radius 2 is 2.00 bits per heavy atom. The summed E-state index contributed by atoms with van der Waals surface area (Å²) in [7, 11) is 1.67. The van der Waals surface area contributed by atoms with Gasteiger partial charge in [-0.2, -0.15) is 13.2 Å². The third-order valence-corrected chi connectivity index (χ3v) is 2.47. The van der Waals surface area contributed by atoms with E-state index in [1.165, 1.54) is 0 Å². The number of hydrogen-bond donors (Lipinski definition) is 2. The zero-order chi connectivity index (χ0) is 13.3. The van der Waals surface area contributed by atoms with E-state index >= 15 is 0 Å². The van der Waals surface area contributed by atoms with E-state index in [1.807, 2.05) is 6.92 Å². The lowest BCUT2D eigenvalue weighted by Crippen LogP contribution is -2.41. The quantitative estimate of drug-likeness (QED) is 0.658. The molecule has 3 nitrogen and oxygen atoms in total. The van der Waals surface area contributed by atoms with Gasteiger partial charge in [-0.3, -0.25) is 0 Å². The second kappa shape index (κ2) is 8.72. The second-order valence-electron chi connectivity index (χ2n) is 4.29. The second-order valence-corrected chi connectivity index (χ2v) is 4.29. The lowest BCUT2D eigenvalue weighted by Gasteiger charge is -2.24. The molecule has 6 heteroatoms. The summed E-state index contributed by atoms with van der Waals surface area (Å²) < 4.78 is 36.1. The fourth-order valence-electron chi connectivity index (χ4n) is 1.55. The van der Waals surface area contributed by atoms with Crippen molar-refractivity contribution < 1.29 is 18.3 Å². The highest BCUT2D eigenvalue weighted by atomic mass is 19.4. The molecule has 1 atom stereocenters. The molecule has 0 saturated heterocycles. The molecule has 0 aliphatic carbocycles. The summed E-state index contributed by atoms with van der Waals surface area (Å²) in [5, 5.41) is 12.1. The van der Waals surface area contributed by atoms with Crippen LogP contribution in [0.2, 0.25) is 0 Å². The number of likely N-dealkylation sites (N-methyl/N-ethyl adjacent to an activating group) is 1. The minimum Gasteiger partial charge on any atom is -0.396 e. The van der Waals surface area contributed by atoms with Gasteiger partial charge >= 0.3 is 6.18 Å². The van der Waals surface area contributed by atoms with E-state index in [2.05, 4.69) is 5.32 Å². The van der Waals surface area contributed by atoms with Gasteiger partial charge < -0.3 is 15.3 Å². The Morgan fingerprint density at radius 3 is 2.47 bits per heavy atom. The maximum atomic E-state index is 12.0. The first-order valence-corrected chi connectivity index (χ1v) is 5.98. The van der Waals surface area contributed by atoms with Gasteiger partial charge in [-0.05, 0) is 26.4 Å². The fourth-order valence-corrected chi connectivity index (χ4v) is 1.55. The molecule has 2 N–H and O–H groups in total. The van der Waals surface area contributed by atoms with Crippen molar-refractivity contribution in [1.29, 1.82) is 0 Å². The maximum absolute atomic E-state index is 12.0. The first-order chi connectivity index (χ1) is 7.89. The van der Waals surface area contributed by atoms with Gasteiger partial charge in [0.25, 0.3) is 0 Å². The zero-order valence-electron chi connectivity index (χ0n) is 10.6. The smallest absolute Gasteiger partial charge is 0.390 e. The van der Waals surface area contributed by atoms with Crippen LogP contribution in [0.4, 0.5) is 13.2 Å². The van der Waals surface area contributed by atoms with Crippen molar-refractivity contribution in [3.63, 3.8) is 0 Å². The number of rotatable bonds is 9. The largest absolute Gasteiger partial charge is 0.396 e. The van der Waals surface area contributed by atoms with Crippen LogP contribution in [0, 0.1) is 0 Å². The first kappa shape index (κ1) is 16.7. The van der Waals surface area contributed by atoms with Gasteiger partial charge in [-0.15, -0.1) is 0 Å². The minimum atomic E-state index is -4.10. The molecule has 0 fully saturated rings. The summed E-state index contributed by atoms with van der Waals surface area (Å²) in [5.41, 5.74) is 0. The Balaban J connectivity index is 3.89. The molecule has 104 valence electrons. The monoisotopic (exact) mass is 256 g/mol. The Kier molecular flexibility index (Phi) is 8.55. The summed E-state index contributed by atoms with van der Waals surface area (Å²) in [6.07, 6.45) is -3.36. The van der Waals surface area contributed by atoms with Crippen molar-refractivity contribution in [1.82, 2.24) is 10.2 Å². The van der Waals surface area contributed by atoms with E-state index in [0.717, 1.165) is 13.0 Å². The molecule has 0 aromatic rings. The number of aliphatic hydroxyl groups excluding tert-OH is 1. The van der Waals surface area contributed by atoms with Crippen molar-refractivity contribution in [3.05, 3.63) is 0 Å². The van der Waals surface area contributed by atoms with Crippen LogP contribution >= 0.6 is 0 Å². The van der Waals surface area contributed by atoms with E-state index in [-0.39, 0.29) is 19.2 Å². The molecule has 0 aliphatic heterocycles. The predicted molar refractivity (Wildman–Crippen MR) is 62.0 cm³/mol. The molecule has 0 rings (SSSR count). The lowest BCUT2D eigenvalue weighted by atomic mass is 10.2. The fraction of sp³-hybridized carbons (Fsp3) is 1.00. The lowest BCUT2D eigenvalue weighted by molar-refractivity contribution is -0.137. The average molecular weight is 256 g/mol. The van der Waals surface area contributed by atoms with Gasteiger partial charge in [0.1, 0.15) is 0 Å². The molecule has 0 bridgehead atoms. The molecular formula is C11H23F3N2O. The Hall–Kier alpha value is -0.330. The molecule has 0 aromatic heterocycles. The Bertz CT molecular complexity index is 188. The van der Waals surface area contributed by atoms with E-state index in [0.29, 0.717) is 13.0 Å². The molecular weight excluding hydrogens is 233 g/mol. The van der Waals surface area contributed by atoms with Gasteiger partial charge in [-0.25, -0.2) is 0 Å². The normalized spacial score (nSPS) is 14.3. The molecule has 0 aliphatic rings. The van der Waals surface area contributed by atoms with Gasteiger partial charge in [0.2, 0.25) is 0 Å². The molecule has 0 spiro atoms. The highest BCUT2D eigenvalue weighted by Gasteiger charge is 2.27. The number of aliphatic hydroxyl groups is 1. The van der Waals surface area contributed by atoms with Crippen molar-refractivity contribution in [2.75, 3.05) is 33.3 Å². The third kappa shape index (κ3) is 10.5. The topological polar surface area (TPSA) is 35.5 Å². The van der Waals surface area contributed by atoms with Crippen LogP contribution in [0.25, 0.3) is 0 Å². The summed E-state index contributed by atoms with van der Waals surface area (Å²) in [5.74, 6) is 0. The van der Waals surface area contributed by atoms with E-state index in [4.69, 9.17) is 5.11 Å². The van der Waals surface area contributed by atoms with E-state index in [1.54, 1.807) is 11.9 Å². The summed E-state index contributed by atoms with van der Waals surface area (Å²) >= 11 is 0. The van der Waals surface area contributed by atoms with Crippen molar-refractivity contribution >= 4 is 0 Å². The highest BCUT2D eigenvalue weighted by molar-refractivity contribution is 4.71. The molecule has 0 aromatic carbocycles. The van der Waals surface area contributed by atoms with Crippen LogP contribution in [0.3, 0.4) is 0 Å².